The fourth-order valence-corrected chi connectivity index (χ4v) is 2.85. The highest BCUT2D eigenvalue weighted by atomic mass is 32.1. The third-order valence-electron chi connectivity index (χ3n) is 2.73. The minimum atomic E-state index is -0.677. The third kappa shape index (κ3) is 4.79. The van der Waals surface area contributed by atoms with E-state index in [1.54, 1.807) is 0 Å². The summed E-state index contributed by atoms with van der Waals surface area (Å²) in [6.07, 6.45) is 5.63. The zero-order valence-corrected chi connectivity index (χ0v) is 10.9. The van der Waals surface area contributed by atoms with E-state index in [2.05, 4.69) is 19.9 Å². The standard InChI is InChI=1S/C13H20O2S/c1-10-9-12(11(2)16-10)7-5-3-4-6-8-13(14)15/h9H,3-8H2,1-2H3,(H,14,15). The maximum absolute atomic E-state index is 10.3. The van der Waals surface area contributed by atoms with Gasteiger partial charge >= 0.3 is 5.97 Å². The Labute approximate surface area is 101 Å². The lowest BCUT2D eigenvalue weighted by atomic mass is 10.1. The van der Waals surface area contributed by atoms with Crippen molar-refractivity contribution in [3.63, 3.8) is 0 Å². The van der Waals surface area contributed by atoms with E-state index in [-0.39, 0.29) is 0 Å². The molecule has 0 aliphatic carbocycles. The van der Waals surface area contributed by atoms with Crippen molar-refractivity contribution in [3.8, 4) is 0 Å². The SMILES string of the molecule is Cc1cc(CCCCCCC(=O)O)c(C)s1. The first kappa shape index (κ1) is 13.2. The first-order valence-electron chi connectivity index (χ1n) is 5.87. The summed E-state index contributed by atoms with van der Waals surface area (Å²) >= 11 is 1.86. The van der Waals surface area contributed by atoms with Crippen molar-refractivity contribution in [3.05, 3.63) is 21.4 Å². The van der Waals surface area contributed by atoms with E-state index in [4.69, 9.17) is 5.11 Å². The molecule has 0 bridgehead atoms. The second-order valence-corrected chi connectivity index (χ2v) is 5.71. The van der Waals surface area contributed by atoms with Crippen molar-refractivity contribution < 1.29 is 9.90 Å². The Kier molecular flexibility index (Phi) is 5.53. The van der Waals surface area contributed by atoms with E-state index in [0.717, 1.165) is 25.7 Å². The van der Waals surface area contributed by atoms with Crippen LogP contribution in [0.2, 0.25) is 0 Å². The van der Waals surface area contributed by atoms with Crippen LogP contribution in [0.15, 0.2) is 6.07 Å². The Bertz CT molecular complexity index is 342. The van der Waals surface area contributed by atoms with Crippen molar-refractivity contribution in [1.29, 1.82) is 0 Å². The molecule has 0 aliphatic rings. The molecule has 0 amide bonds. The van der Waals surface area contributed by atoms with Crippen molar-refractivity contribution in [1.82, 2.24) is 0 Å². The van der Waals surface area contributed by atoms with Crippen LogP contribution < -0.4 is 0 Å². The molecule has 2 nitrogen and oxygen atoms in total. The highest BCUT2D eigenvalue weighted by Crippen LogP contribution is 2.22. The van der Waals surface area contributed by atoms with Crippen LogP contribution in [0.1, 0.15) is 47.4 Å². The van der Waals surface area contributed by atoms with Crippen LogP contribution in [-0.4, -0.2) is 11.1 Å². The Morgan fingerprint density at radius 3 is 2.50 bits per heavy atom. The lowest BCUT2D eigenvalue weighted by molar-refractivity contribution is -0.137. The van der Waals surface area contributed by atoms with Crippen LogP contribution in [0.5, 0.6) is 0 Å². The van der Waals surface area contributed by atoms with Gasteiger partial charge in [-0.15, -0.1) is 11.3 Å². The number of rotatable bonds is 7. The molecule has 3 heteroatoms. The lowest BCUT2D eigenvalue weighted by Crippen LogP contribution is -1.93. The molecule has 1 N–H and O–H groups in total. The van der Waals surface area contributed by atoms with Crippen molar-refractivity contribution in [2.24, 2.45) is 0 Å². The summed E-state index contributed by atoms with van der Waals surface area (Å²) in [6.45, 7) is 4.32. The topological polar surface area (TPSA) is 37.3 Å². The summed E-state index contributed by atoms with van der Waals surface area (Å²) in [7, 11) is 0. The van der Waals surface area contributed by atoms with Crippen LogP contribution in [0.3, 0.4) is 0 Å². The molecule has 0 fully saturated rings. The fourth-order valence-electron chi connectivity index (χ4n) is 1.88. The average Bonchev–Trinajstić information content (AvgIpc) is 2.50. The first-order valence-corrected chi connectivity index (χ1v) is 6.69. The molecule has 1 heterocycles. The zero-order valence-electron chi connectivity index (χ0n) is 10.1. The largest absolute Gasteiger partial charge is 0.481 e. The van der Waals surface area contributed by atoms with E-state index < -0.39 is 5.97 Å². The summed E-state index contributed by atoms with van der Waals surface area (Å²) in [6, 6.07) is 2.28. The molecule has 0 saturated carbocycles. The van der Waals surface area contributed by atoms with Crippen molar-refractivity contribution in [2.75, 3.05) is 0 Å². The Balaban J connectivity index is 2.11. The van der Waals surface area contributed by atoms with Crippen LogP contribution in [0, 0.1) is 13.8 Å². The van der Waals surface area contributed by atoms with Gasteiger partial charge in [-0.3, -0.25) is 4.79 Å². The predicted molar refractivity (Wildman–Crippen MR) is 68.2 cm³/mol. The third-order valence-corrected chi connectivity index (χ3v) is 3.74. The fraction of sp³-hybridized carbons (Fsp3) is 0.615. The van der Waals surface area contributed by atoms with Gasteiger partial charge in [0, 0.05) is 16.2 Å². The van der Waals surface area contributed by atoms with E-state index >= 15 is 0 Å². The number of thiophene rings is 1. The van der Waals surface area contributed by atoms with Crippen LogP contribution in [-0.2, 0) is 11.2 Å². The summed E-state index contributed by atoms with van der Waals surface area (Å²) in [4.78, 5) is 13.1. The maximum atomic E-state index is 10.3. The quantitative estimate of drug-likeness (QED) is 0.733. The van der Waals surface area contributed by atoms with E-state index in [9.17, 15) is 4.79 Å². The number of hydrogen-bond donors (Lipinski definition) is 1. The summed E-state index contributed by atoms with van der Waals surface area (Å²) in [5.41, 5.74) is 1.47. The number of aryl methyl sites for hydroxylation is 3. The molecule has 0 saturated heterocycles. The van der Waals surface area contributed by atoms with Gasteiger partial charge in [-0.25, -0.2) is 0 Å². The smallest absolute Gasteiger partial charge is 0.303 e. The van der Waals surface area contributed by atoms with Crippen molar-refractivity contribution in [2.45, 2.75) is 52.4 Å². The van der Waals surface area contributed by atoms with Gasteiger partial charge in [-0.05, 0) is 44.7 Å². The molecule has 0 atom stereocenters. The maximum Gasteiger partial charge on any atom is 0.303 e. The second-order valence-electron chi connectivity index (χ2n) is 4.25. The first-order chi connectivity index (χ1) is 7.59. The molecule has 1 aromatic heterocycles. The molecular formula is C13H20O2S. The molecule has 16 heavy (non-hydrogen) atoms. The molecule has 0 spiro atoms. The molecule has 0 aromatic carbocycles. The molecule has 0 radical (unpaired) electrons. The molecule has 1 aromatic rings. The monoisotopic (exact) mass is 240 g/mol. The highest BCUT2D eigenvalue weighted by Gasteiger charge is 2.02. The number of unbranched alkanes of at least 4 members (excludes halogenated alkanes) is 3. The van der Waals surface area contributed by atoms with Crippen molar-refractivity contribution >= 4 is 17.3 Å². The lowest BCUT2D eigenvalue weighted by Gasteiger charge is -2.00. The van der Waals surface area contributed by atoms with Gasteiger partial charge in [0.15, 0.2) is 0 Å². The van der Waals surface area contributed by atoms with Crippen LogP contribution >= 0.6 is 11.3 Å². The summed E-state index contributed by atoms with van der Waals surface area (Å²) in [5.74, 6) is -0.677. The second kappa shape index (κ2) is 6.69. The zero-order chi connectivity index (χ0) is 12.0. The number of aliphatic carboxylic acids is 1. The van der Waals surface area contributed by atoms with Gasteiger partial charge in [0.1, 0.15) is 0 Å². The Morgan fingerprint density at radius 1 is 1.25 bits per heavy atom. The minimum Gasteiger partial charge on any atom is -0.481 e. The molecule has 1 rings (SSSR count). The average molecular weight is 240 g/mol. The molecule has 0 aliphatic heterocycles. The number of carboxylic acids is 1. The van der Waals surface area contributed by atoms with Gasteiger partial charge < -0.3 is 5.11 Å². The summed E-state index contributed by atoms with van der Waals surface area (Å²) in [5, 5.41) is 8.49. The van der Waals surface area contributed by atoms with Gasteiger partial charge in [-0.2, -0.15) is 0 Å². The molecule has 0 unspecified atom stereocenters. The van der Waals surface area contributed by atoms with E-state index in [1.165, 1.54) is 21.7 Å². The minimum absolute atomic E-state index is 0.316. The Morgan fingerprint density at radius 2 is 1.94 bits per heavy atom. The number of carbonyl (C=O) groups is 1. The Hall–Kier alpha value is -0.830. The van der Waals surface area contributed by atoms with Gasteiger partial charge in [0.05, 0.1) is 0 Å². The summed E-state index contributed by atoms with van der Waals surface area (Å²) < 4.78 is 0. The normalized spacial score (nSPS) is 10.6. The predicted octanol–water partition coefficient (Wildman–Crippen LogP) is 3.94. The van der Waals surface area contributed by atoms with Gasteiger partial charge in [-0.1, -0.05) is 12.8 Å². The van der Waals surface area contributed by atoms with E-state index in [1.807, 2.05) is 11.3 Å². The van der Waals surface area contributed by atoms with Crippen LogP contribution in [0.4, 0.5) is 0 Å². The number of hydrogen-bond acceptors (Lipinski definition) is 2. The highest BCUT2D eigenvalue weighted by molar-refractivity contribution is 7.12. The molecular weight excluding hydrogens is 220 g/mol. The number of carboxylic acid groups (broad SMARTS) is 1. The van der Waals surface area contributed by atoms with Gasteiger partial charge in [0.2, 0.25) is 0 Å². The van der Waals surface area contributed by atoms with Crippen LogP contribution in [0.25, 0.3) is 0 Å². The molecule has 90 valence electrons. The van der Waals surface area contributed by atoms with E-state index in [0.29, 0.717) is 6.42 Å². The van der Waals surface area contributed by atoms with Gasteiger partial charge in [0.25, 0.3) is 0 Å².